The molecule has 0 aromatic carbocycles. The molecule has 1 rings (SSSR count). The van der Waals surface area contributed by atoms with E-state index in [9.17, 15) is 0 Å². The molecule has 1 fully saturated rings. The van der Waals surface area contributed by atoms with Crippen molar-refractivity contribution in [3.8, 4) is 0 Å². The van der Waals surface area contributed by atoms with Crippen LogP contribution in [0.15, 0.2) is 37.0 Å². The van der Waals surface area contributed by atoms with Crippen molar-refractivity contribution in [3.05, 3.63) is 37.0 Å². The number of rotatable bonds is 3. The van der Waals surface area contributed by atoms with Crippen LogP contribution in [-0.2, 0) is 4.74 Å². The van der Waals surface area contributed by atoms with Crippen molar-refractivity contribution in [1.29, 1.82) is 0 Å². The Bertz CT molecular complexity index is 224. The summed E-state index contributed by atoms with van der Waals surface area (Å²) in [5, 5.41) is 3.20. The van der Waals surface area contributed by atoms with Gasteiger partial charge in [0.15, 0.2) is 0 Å². The number of nitrogens with one attached hydrogen (secondary N) is 1. The van der Waals surface area contributed by atoms with Gasteiger partial charge in [-0.3, -0.25) is 5.32 Å². The summed E-state index contributed by atoms with van der Waals surface area (Å²) in [6.45, 7) is 12.0. The maximum atomic E-state index is 5.38. The van der Waals surface area contributed by atoms with Crippen molar-refractivity contribution in [2.75, 3.05) is 19.9 Å². The average Bonchev–Trinajstić information content (AvgIpc) is 2.15. The van der Waals surface area contributed by atoms with Gasteiger partial charge in [-0.05, 0) is 5.57 Å². The van der Waals surface area contributed by atoms with Crippen molar-refractivity contribution >= 4 is 0 Å². The van der Waals surface area contributed by atoms with Crippen LogP contribution in [-0.4, -0.2) is 19.9 Å². The summed E-state index contributed by atoms with van der Waals surface area (Å²) in [5.74, 6) is 0. The summed E-state index contributed by atoms with van der Waals surface area (Å²) >= 11 is 0. The van der Waals surface area contributed by atoms with E-state index in [4.69, 9.17) is 4.74 Å². The molecule has 72 valence electrons. The highest BCUT2D eigenvalue weighted by atomic mass is 16.5. The monoisotopic (exact) mass is 179 g/mol. The second kappa shape index (κ2) is 4.40. The molecule has 2 nitrogen and oxygen atoms in total. The van der Waals surface area contributed by atoms with Gasteiger partial charge in [-0.2, -0.15) is 0 Å². The lowest BCUT2D eigenvalue weighted by molar-refractivity contribution is 0.0171. The van der Waals surface area contributed by atoms with E-state index in [-0.39, 0.29) is 5.41 Å². The molecule has 1 saturated heterocycles. The molecular weight excluding hydrogens is 162 g/mol. The van der Waals surface area contributed by atoms with Crippen LogP contribution in [0.1, 0.15) is 6.92 Å². The van der Waals surface area contributed by atoms with Gasteiger partial charge in [0.2, 0.25) is 0 Å². The molecule has 0 aromatic heterocycles. The molecule has 0 aliphatic carbocycles. The molecule has 1 N–H and O–H groups in total. The van der Waals surface area contributed by atoms with E-state index < -0.39 is 0 Å². The van der Waals surface area contributed by atoms with Gasteiger partial charge in [-0.25, -0.2) is 0 Å². The summed E-state index contributed by atoms with van der Waals surface area (Å²) in [7, 11) is 0. The lowest BCUT2D eigenvalue weighted by Crippen LogP contribution is -2.43. The summed E-state index contributed by atoms with van der Waals surface area (Å²) in [6.07, 6.45) is 5.65. The quantitative estimate of drug-likeness (QED) is 0.668. The fraction of sp³-hybridized carbons (Fsp3) is 0.455. The van der Waals surface area contributed by atoms with Crippen LogP contribution < -0.4 is 5.32 Å². The highest BCUT2D eigenvalue weighted by Crippen LogP contribution is 2.29. The Kier molecular flexibility index (Phi) is 3.46. The second-order valence-corrected chi connectivity index (χ2v) is 3.54. The smallest absolute Gasteiger partial charge is 0.0965 e. The standard InChI is InChI=1S/C11H17NO/c1-4-6-10(5-2)11(3)7-12-9-13-8-11/h4-6,12H,1-2,7-9H2,3H3/b10-6+. The third-order valence-electron chi connectivity index (χ3n) is 2.35. The minimum absolute atomic E-state index is 0.0359. The molecule has 1 atom stereocenters. The van der Waals surface area contributed by atoms with Crippen LogP contribution in [0, 0.1) is 5.41 Å². The van der Waals surface area contributed by atoms with Gasteiger partial charge in [-0.1, -0.05) is 38.3 Å². The first-order chi connectivity index (χ1) is 6.23. The maximum absolute atomic E-state index is 5.38. The molecule has 0 aromatic rings. The predicted octanol–water partition coefficient (Wildman–Crippen LogP) is 1.87. The van der Waals surface area contributed by atoms with E-state index in [1.165, 1.54) is 5.57 Å². The van der Waals surface area contributed by atoms with E-state index in [2.05, 4.69) is 25.4 Å². The second-order valence-electron chi connectivity index (χ2n) is 3.54. The normalized spacial score (nSPS) is 29.8. The lowest BCUT2D eigenvalue weighted by Gasteiger charge is -2.35. The van der Waals surface area contributed by atoms with Crippen LogP contribution in [0.2, 0.25) is 0 Å². The van der Waals surface area contributed by atoms with Crippen LogP contribution >= 0.6 is 0 Å². The van der Waals surface area contributed by atoms with Gasteiger partial charge in [0.25, 0.3) is 0 Å². The van der Waals surface area contributed by atoms with Gasteiger partial charge in [-0.15, -0.1) is 0 Å². The Morgan fingerprint density at radius 3 is 2.77 bits per heavy atom. The molecule has 1 aliphatic heterocycles. The molecule has 1 aliphatic rings. The van der Waals surface area contributed by atoms with Gasteiger partial charge in [0, 0.05) is 12.0 Å². The fourth-order valence-corrected chi connectivity index (χ4v) is 1.55. The van der Waals surface area contributed by atoms with Gasteiger partial charge in [0.05, 0.1) is 13.3 Å². The summed E-state index contributed by atoms with van der Waals surface area (Å²) in [4.78, 5) is 0. The number of allylic oxidation sites excluding steroid dienone is 3. The molecule has 0 spiro atoms. The molecule has 0 bridgehead atoms. The van der Waals surface area contributed by atoms with Gasteiger partial charge < -0.3 is 4.74 Å². The number of hydrogen-bond acceptors (Lipinski definition) is 2. The largest absolute Gasteiger partial charge is 0.365 e. The predicted molar refractivity (Wildman–Crippen MR) is 55.4 cm³/mol. The zero-order chi connectivity index (χ0) is 9.73. The van der Waals surface area contributed by atoms with E-state index in [1.54, 1.807) is 6.08 Å². The Balaban J connectivity index is 2.80. The minimum atomic E-state index is 0.0359. The highest BCUT2D eigenvalue weighted by Gasteiger charge is 2.29. The van der Waals surface area contributed by atoms with Crippen molar-refractivity contribution in [2.45, 2.75) is 6.92 Å². The summed E-state index contributed by atoms with van der Waals surface area (Å²) in [6, 6.07) is 0. The minimum Gasteiger partial charge on any atom is -0.365 e. The van der Waals surface area contributed by atoms with Crippen molar-refractivity contribution in [3.63, 3.8) is 0 Å². The topological polar surface area (TPSA) is 21.3 Å². The molecular formula is C11H17NO. The Hall–Kier alpha value is -0.860. The molecule has 2 heteroatoms. The Morgan fingerprint density at radius 1 is 1.54 bits per heavy atom. The molecule has 0 amide bonds. The number of hydrogen-bond donors (Lipinski definition) is 1. The van der Waals surface area contributed by atoms with E-state index in [1.807, 2.05) is 12.2 Å². The van der Waals surface area contributed by atoms with Gasteiger partial charge in [0.1, 0.15) is 0 Å². The molecule has 0 saturated carbocycles. The van der Waals surface area contributed by atoms with E-state index in [0.717, 1.165) is 13.2 Å². The molecule has 1 heterocycles. The molecule has 1 unspecified atom stereocenters. The van der Waals surface area contributed by atoms with Crippen molar-refractivity contribution in [2.24, 2.45) is 5.41 Å². The third-order valence-corrected chi connectivity index (χ3v) is 2.35. The lowest BCUT2D eigenvalue weighted by atomic mass is 9.82. The zero-order valence-corrected chi connectivity index (χ0v) is 8.18. The first-order valence-corrected chi connectivity index (χ1v) is 4.47. The molecule has 13 heavy (non-hydrogen) atoms. The number of ether oxygens (including phenoxy) is 1. The SMILES string of the molecule is C=C/C=C(\C=C)C1(C)CNCOC1. The van der Waals surface area contributed by atoms with E-state index >= 15 is 0 Å². The summed E-state index contributed by atoms with van der Waals surface area (Å²) in [5.41, 5.74) is 1.21. The third kappa shape index (κ3) is 2.29. The first-order valence-electron chi connectivity index (χ1n) is 4.47. The maximum Gasteiger partial charge on any atom is 0.0965 e. The van der Waals surface area contributed by atoms with Crippen molar-refractivity contribution < 1.29 is 4.74 Å². The van der Waals surface area contributed by atoms with Crippen molar-refractivity contribution in [1.82, 2.24) is 5.32 Å². The van der Waals surface area contributed by atoms with Crippen LogP contribution in [0.4, 0.5) is 0 Å². The van der Waals surface area contributed by atoms with Crippen LogP contribution in [0.3, 0.4) is 0 Å². The highest BCUT2D eigenvalue weighted by molar-refractivity contribution is 5.29. The average molecular weight is 179 g/mol. The van der Waals surface area contributed by atoms with Crippen LogP contribution in [0.25, 0.3) is 0 Å². The van der Waals surface area contributed by atoms with E-state index in [0.29, 0.717) is 6.73 Å². The van der Waals surface area contributed by atoms with Crippen LogP contribution in [0.5, 0.6) is 0 Å². The fourth-order valence-electron chi connectivity index (χ4n) is 1.55. The Morgan fingerprint density at radius 2 is 2.31 bits per heavy atom. The van der Waals surface area contributed by atoms with Gasteiger partial charge >= 0.3 is 0 Å². The Labute approximate surface area is 80.0 Å². The first kappa shape index (κ1) is 10.2. The molecule has 0 radical (unpaired) electrons. The zero-order valence-electron chi connectivity index (χ0n) is 8.18. The summed E-state index contributed by atoms with van der Waals surface area (Å²) < 4.78 is 5.38.